The van der Waals surface area contributed by atoms with Crippen LogP contribution in [0.5, 0.6) is 0 Å². The van der Waals surface area contributed by atoms with Gasteiger partial charge in [-0.15, -0.1) is 0 Å². The van der Waals surface area contributed by atoms with E-state index in [2.05, 4.69) is 0 Å². The van der Waals surface area contributed by atoms with Gasteiger partial charge in [-0.05, 0) is 24.5 Å². The van der Waals surface area contributed by atoms with Crippen molar-refractivity contribution in [1.29, 1.82) is 0 Å². The standard InChI is InChI=1S/C15H18FNO3/c1-10(15(18)11-5-3-2-4-6-11)12-7-8-13(16)14(9-12)17(19)20/h7-11H,2-6H2,1H3. The number of halogens is 1. The van der Waals surface area contributed by atoms with Crippen LogP contribution in [-0.2, 0) is 4.79 Å². The quantitative estimate of drug-likeness (QED) is 0.618. The van der Waals surface area contributed by atoms with Crippen molar-refractivity contribution in [2.24, 2.45) is 5.92 Å². The van der Waals surface area contributed by atoms with Gasteiger partial charge in [0.1, 0.15) is 5.78 Å². The van der Waals surface area contributed by atoms with Gasteiger partial charge in [-0.3, -0.25) is 14.9 Å². The molecule has 0 heterocycles. The second-order valence-electron chi connectivity index (χ2n) is 5.43. The highest BCUT2D eigenvalue weighted by molar-refractivity contribution is 5.87. The highest BCUT2D eigenvalue weighted by Gasteiger charge is 2.27. The van der Waals surface area contributed by atoms with Crippen molar-refractivity contribution in [3.05, 3.63) is 39.7 Å². The number of hydrogen-bond acceptors (Lipinski definition) is 3. The Balaban J connectivity index is 2.19. The van der Waals surface area contributed by atoms with E-state index in [1.165, 1.54) is 18.6 Å². The van der Waals surface area contributed by atoms with E-state index in [9.17, 15) is 19.3 Å². The third-order valence-electron chi connectivity index (χ3n) is 4.10. The van der Waals surface area contributed by atoms with Gasteiger partial charge < -0.3 is 0 Å². The lowest BCUT2D eigenvalue weighted by Gasteiger charge is -2.23. The van der Waals surface area contributed by atoms with E-state index in [1.54, 1.807) is 6.92 Å². The topological polar surface area (TPSA) is 60.2 Å². The van der Waals surface area contributed by atoms with Crippen LogP contribution in [0.25, 0.3) is 0 Å². The maximum atomic E-state index is 13.3. The van der Waals surface area contributed by atoms with Crippen molar-refractivity contribution in [1.82, 2.24) is 0 Å². The fourth-order valence-corrected chi connectivity index (χ4v) is 2.84. The summed E-state index contributed by atoms with van der Waals surface area (Å²) in [6, 6.07) is 3.71. The monoisotopic (exact) mass is 279 g/mol. The van der Waals surface area contributed by atoms with Gasteiger partial charge in [-0.25, -0.2) is 0 Å². The number of carbonyl (C=O) groups is 1. The molecule has 1 atom stereocenters. The highest BCUT2D eigenvalue weighted by atomic mass is 19.1. The lowest BCUT2D eigenvalue weighted by atomic mass is 9.80. The summed E-state index contributed by atoms with van der Waals surface area (Å²) in [5.41, 5.74) is -0.0422. The molecule has 0 saturated heterocycles. The molecule has 0 N–H and O–H groups in total. The van der Waals surface area contributed by atoms with E-state index in [0.717, 1.165) is 31.7 Å². The van der Waals surface area contributed by atoms with Crippen LogP contribution in [0.3, 0.4) is 0 Å². The molecule has 0 amide bonds. The number of nitro benzene ring substituents is 1. The third kappa shape index (κ3) is 3.03. The molecule has 0 aromatic heterocycles. The molecule has 1 saturated carbocycles. The van der Waals surface area contributed by atoms with Gasteiger partial charge in [0.2, 0.25) is 5.82 Å². The van der Waals surface area contributed by atoms with E-state index < -0.39 is 22.3 Å². The second kappa shape index (κ2) is 6.11. The molecular weight excluding hydrogens is 261 g/mol. The Bertz CT molecular complexity index is 524. The van der Waals surface area contributed by atoms with Crippen molar-refractivity contribution >= 4 is 11.5 Å². The Morgan fingerprint density at radius 2 is 2.00 bits per heavy atom. The molecule has 108 valence electrons. The Morgan fingerprint density at radius 1 is 1.35 bits per heavy atom. The number of benzene rings is 1. The molecule has 4 nitrogen and oxygen atoms in total. The van der Waals surface area contributed by atoms with Crippen molar-refractivity contribution < 1.29 is 14.1 Å². The lowest BCUT2D eigenvalue weighted by Crippen LogP contribution is -2.22. The Hall–Kier alpha value is -1.78. The SMILES string of the molecule is CC(C(=O)C1CCCCC1)c1ccc(F)c([N+](=O)[O-])c1. The minimum absolute atomic E-state index is 0.0443. The zero-order valence-electron chi connectivity index (χ0n) is 11.5. The molecule has 2 rings (SSSR count). The van der Waals surface area contributed by atoms with Gasteiger partial charge in [0.15, 0.2) is 0 Å². The van der Waals surface area contributed by atoms with Crippen LogP contribution in [-0.4, -0.2) is 10.7 Å². The summed E-state index contributed by atoms with van der Waals surface area (Å²) in [5, 5.41) is 10.7. The molecule has 5 heteroatoms. The van der Waals surface area contributed by atoms with Gasteiger partial charge in [-0.1, -0.05) is 32.3 Å². The van der Waals surface area contributed by atoms with E-state index in [0.29, 0.717) is 5.56 Å². The number of nitro groups is 1. The zero-order chi connectivity index (χ0) is 14.7. The molecule has 1 aliphatic rings. The van der Waals surface area contributed by atoms with E-state index in [-0.39, 0.29) is 11.7 Å². The molecule has 1 fully saturated rings. The predicted molar refractivity (Wildman–Crippen MR) is 73.1 cm³/mol. The molecule has 1 aliphatic carbocycles. The van der Waals surface area contributed by atoms with Crippen molar-refractivity contribution in [2.45, 2.75) is 44.9 Å². The largest absolute Gasteiger partial charge is 0.305 e. The first-order chi connectivity index (χ1) is 9.50. The number of rotatable bonds is 4. The van der Waals surface area contributed by atoms with Crippen LogP contribution in [0.4, 0.5) is 10.1 Å². The van der Waals surface area contributed by atoms with Gasteiger partial charge in [0.05, 0.1) is 4.92 Å². The smallest absolute Gasteiger partial charge is 0.299 e. The van der Waals surface area contributed by atoms with E-state index in [4.69, 9.17) is 0 Å². The Kier molecular flexibility index (Phi) is 4.47. The Labute approximate surface area is 117 Å². The summed E-state index contributed by atoms with van der Waals surface area (Å²) >= 11 is 0. The summed E-state index contributed by atoms with van der Waals surface area (Å²) < 4.78 is 13.3. The summed E-state index contributed by atoms with van der Waals surface area (Å²) in [6.45, 7) is 1.74. The van der Waals surface area contributed by atoms with Crippen LogP contribution in [0, 0.1) is 21.8 Å². The fraction of sp³-hybridized carbons (Fsp3) is 0.533. The molecule has 0 spiro atoms. The van der Waals surface area contributed by atoms with E-state index in [1.807, 2.05) is 0 Å². The van der Waals surface area contributed by atoms with Crippen LogP contribution < -0.4 is 0 Å². The molecule has 20 heavy (non-hydrogen) atoms. The van der Waals surface area contributed by atoms with Crippen LogP contribution >= 0.6 is 0 Å². The molecule has 0 radical (unpaired) electrons. The van der Waals surface area contributed by atoms with Crippen molar-refractivity contribution in [3.8, 4) is 0 Å². The predicted octanol–water partition coefficient (Wildman–Crippen LogP) is 3.99. The van der Waals surface area contributed by atoms with Crippen LogP contribution in [0.2, 0.25) is 0 Å². The number of carbonyl (C=O) groups excluding carboxylic acids is 1. The van der Waals surface area contributed by atoms with Gasteiger partial charge in [0, 0.05) is 17.9 Å². The van der Waals surface area contributed by atoms with Crippen LogP contribution in [0.1, 0.15) is 50.5 Å². The first-order valence-electron chi connectivity index (χ1n) is 6.98. The zero-order valence-corrected chi connectivity index (χ0v) is 11.5. The van der Waals surface area contributed by atoms with Gasteiger partial charge >= 0.3 is 5.69 Å². The minimum Gasteiger partial charge on any atom is -0.299 e. The molecule has 0 bridgehead atoms. The fourth-order valence-electron chi connectivity index (χ4n) is 2.84. The lowest BCUT2D eigenvalue weighted by molar-refractivity contribution is -0.387. The summed E-state index contributed by atoms with van der Waals surface area (Å²) in [5.74, 6) is -1.12. The van der Waals surface area contributed by atoms with Crippen molar-refractivity contribution in [2.75, 3.05) is 0 Å². The maximum Gasteiger partial charge on any atom is 0.305 e. The van der Waals surface area contributed by atoms with E-state index >= 15 is 0 Å². The molecule has 1 aromatic carbocycles. The third-order valence-corrected chi connectivity index (χ3v) is 4.10. The summed E-state index contributed by atoms with van der Waals surface area (Å²) in [6.07, 6.45) is 5.08. The number of nitrogens with zero attached hydrogens (tertiary/aromatic N) is 1. The van der Waals surface area contributed by atoms with Crippen LogP contribution in [0.15, 0.2) is 18.2 Å². The molecule has 1 aromatic rings. The average molecular weight is 279 g/mol. The number of Topliss-reactive ketones (excluding diaryl/α,β-unsaturated/α-hetero) is 1. The normalized spacial score (nSPS) is 17.7. The Morgan fingerprint density at radius 3 is 2.60 bits per heavy atom. The molecular formula is C15H18FNO3. The second-order valence-corrected chi connectivity index (χ2v) is 5.43. The van der Waals surface area contributed by atoms with Gasteiger partial charge in [-0.2, -0.15) is 4.39 Å². The summed E-state index contributed by atoms with van der Waals surface area (Å²) in [4.78, 5) is 22.4. The highest BCUT2D eigenvalue weighted by Crippen LogP contribution is 2.31. The van der Waals surface area contributed by atoms with Crippen molar-refractivity contribution in [3.63, 3.8) is 0 Å². The molecule has 1 unspecified atom stereocenters. The molecule has 0 aliphatic heterocycles. The summed E-state index contributed by atoms with van der Waals surface area (Å²) in [7, 11) is 0. The first kappa shape index (κ1) is 14.6. The average Bonchev–Trinajstić information content (AvgIpc) is 2.47. The number of hydrogen-bond donors (Lipinski definition) is 0. The van der Waals surface area contributed by atoms with Gasteiger partial charge in [0.25, 0.3) is 0 Å². The minimum atomic E-state index is -0.865. The first-order valence-corrected chi connectivity index (χ1v) is 6.98. The number of ketones is 1. The maximum absolute atomic E-state index is 13.3.